The SMILES string of the molecule is CC(NC(=O)CN(C)S(=O)(=O)c1ccc(F)cc1)c1ccccn1. The molecule has 0 spiro atoms. The average molecular weight is 351 g/mol. The molecule has 2 rings (SSSR count). The van der Waals surface area contributed by atoms with Crippen molar-refractivity contribution in [3.8, 4) is 0 Å². The Morgan fingerprint density at radius 1 is 1.25 bits per heavy atom. The van der Waals surface area contributed by atoms with E-state index in [1.165, 1.54) is 7.05 Å². The van der Waals surface area contributed by atoms with E-state index in [1.807, 2.05) is 0 Å². The van der Waals surface area contributed by atoms with Gasteiger partial charge in [-0.25, -0.2) is 12.8 Å². The summed E-state index contributed by atoms with van der Waals surface area (Å²) in [6.07, 6.45) is 1.61. The van der Waals surface area contributed by atoms with E-state index in [9.17, 15) is 17.6 Å². The lowest BCUT2D eigenvalue weighted by Gasteiger charge is -2.19. The molecule has 1 unspecified atom stereocenters. The van der Waals surface area contributed by atoms with Gasteiger partial charge in [0.1, 0.15) is 5.82 Å². The van der Waals surface area contributed by atoms with E-state index in [1.54, 1.807) is 31.3 Å². The predicted octanol–water partition coefficient (Wildman–Crippen LogP) is 1.72. The number of aromatic nitrogens is 1. The van der Waals surface area contributed by atoms with Gasteiger partial charge in [-0.1, -0.05) is 6.07 Å². The van der Waals surface area contributed by atoms with Crippen molar-refractivity contribution in [1.29, 1.82) is 0 Å². The Bertz CT molecular complexity index is 795. The van der Waals surface area contributed by atoms with Crippen molar-refractivity contribution >= 4 is 15.9 Å². The van der Waals surface area contributed by atoms with E-state index in [-0.39, 0.29) is 17.5 Å². The molecule has 0 bridgehead atoms. The highest BCUT2D eigenvalue weighted by atomic mass is 32.2. The number of hydrogen-bond donors (Lipinski definition) is 1. The molecule has 1 N–H and O–H groups in total. The molecule has 8 heteroatoms. The maximum Gasteiger partial charge on any atom is 0.243 e. The summed E-state index contributed by atoms with van der Waals surface area (Å²) < 4.78 is 38.5. The van der Waals surface area contributed by atoms with Crippen LogP contribution in [0, 0.1) is 5.82 Å². The van der Waals surface area contributed by atoms with Crippen molar-refractivity contribution in [3.05, 3.63) is 60.2 Å². The first kappa shape index (κ1) is 18.0. The molecular weight excluding hydrogens is 333 g/mol. The van der Waals surface area contributed by atoms with Crippen LogP contribution in [0.5, 0.6) is 0 Å². The van der Waals surface area contributed by atoms with Gasteiger partial charge in [-0.05, 0) is 43.3 Å². The molecule has 1 aromatic heterocycles. The van der Waals surface area contributed by atoms with E-state index in [0.717, 1.165) is 28.6 Å². The smallest absolute Gasteiger partial charge is 0.243 e. The van der Waals surface area contributed by atoms with Crippen LogP contribution < -0.4 is 5.32 Å². The minimum absolute atomic E-state index is 0.0722. The Labute approximate surface area is 140 Å². The molecule has 1 heterocycles. The van der Waals surface area contributed by atoms with Gasteiger partial charge in [-0.3, -0.25) is 9.78 Å². The Balaban J connectivity index is 2.01. The molecule has 0 saturated heterocycles. The van der Waals surface area contributed by atoms with Crippen LogP contribution in [-0.4, -0.2) is 37.2 Å². The molecule has 2 aromatic rings. The summed E-state index contributed by atoms with van der Waals surface area (Å²) in [6.45, 7) is 1.41. The number of carbonyl (C=O) groups excluding carboxylic acids is 1. The molecular formula is C16H18FN3O3S. The number of benzene rings is 1. The first-order chi connectivity index (χ1) is 11.3. The Morgan fingerprint density at radius 3 is 2.50 bits per heavy atom. The molecule has 0 fully saturated rings. The van der Waals surface area contributed by atoms with Gasteiger partial charge >= 0.3 is 0 Å². The van der Waals surface area contributed by atoms with Crippen molar-refractivity contribution < 1.29 is 17.6 Å². The van der Waals surface area contributed by atoms with E-state index >= 15 is 0 Å². The summed E-state index contributed by atoms with van der Waals surface area (Å²) in [5.41, 5.74) is 0.676. The number of halogens is 1. The highest BCUT2D eigenvalue weighted by Gasteiger charge is 2.23. The number of amides is 1. The maximum atomic E-state index is 12.9. The van der Waals surface area contributed by atoms with Crippen LogP contribution in [0.15, 0.2) is 53.6 Å². The van der Waals surface area contributed by atoms with Crippen LogP contribution in [0.4, 0.5) is 4.39 Å². The zero-order valence-corrected chi connectivity index (χ0v) is 14.1. The Hall–Kier alpha value is -2.32. The van der Waals surface area contributed by atoms with Gasteiger partial charge in [0.05, 0.1) is 23.2 Å². The molecule has 0 radical (unpaired) electrons. The molecule has 6 nitrogen and oxygen atoms in total. The third-order valence-electron chi connectivity index (χ3n) is 3.40. The van der Waals surface area contributed by atoms with Gasteiger partial charge in [-0.15, -0.1) is 0 Å². The quantitative estimate of drug-likeness (QED) is 0.859. The molecule has 1 aromatic carbocycles. The first-order valence-electron chi connectivity index (χ1n) is 7.23. The lowest BCUT2D eigenvalue weighted by Crippen LogP contribution is -2.39. The Kier molecular flexibility index (Phi) is 5.63. The largest absolute Gasteiger partial charge is 0.347 e. The minimum Gasteiger partial charge on any atom is -0.347 e. The van der Waals surface area contributed by atoms with Crippen molar-refractivity contribution in [1.82, 2.24) is 14.6 Å². The topological polar surface area (TPSA) is 79.4 Å². The van der Waals surface area contributed by atoms with Crippen molar-refractivity contribution in [2.75, 3.05) is 13.6 Å². The van der Waals surface area contributed by atoms with Gasteiger partial charge in [0, 0.05) is 13.2 Å². The lowest BCUT2D eigenvalue weighted by molar-refractivity contribution is -0.121. The van der Waals surface area contributed by atoms with Gasteiger partial charge in [-0.2, -0.15) is 4.31 Å². The molecule has 1 amide bonds. The standard InChI is InChI=1S/C16H18FN3O3S/c1-12(15-5-3-4-10-18-15)19-16(21)11-20(2)24(22,23)14-8-6-13(17)7-9-14/h3-10,12H,11H2,1-2H3,(H,19,21). The van der Waals surface area contributed by atoms with Gasteiger partial charge in [0.2, 0.25) is 15.9 Å². The molecule has 1 atom stereocenters. The number of nitrogens with one attached hydrogen (secondary N) is 1. The molecule has 0 aliphatic carbocycles. The lowest BCUT2D eigenvalue weighted by atomic mass is 10.2. The summed E-state index contributed by atoms with van der Waals surface area (Å²) in [5.74, 6) is -0.986. The number of carbonyl (C=O) groups is 1. The number of rotatable bonds is 6. The summed E-state index contributed by atoms with van der Waals surface area (Å²) in [7, 11) is -2.57. The molecule has 24 heavy (non-hydrogen) atoms. The van der Waals surface area contributed by atoms with Crippen LogP contribution >= 0.6 is 0 Å². The minimum atomic E-state index is -3.86. The molecule has 0 aliphatic heterocycles. The van der Waals surface area contributed by atoms with E-state index in [0.29, 0.717) is 5.69 Å². The van der Waals surface area contributed by atoms with Crippen LogP contribution in [-0.2, 0) is 14.8 Å². The zero-order valence-electron chi connectivity index (χ0n) is 13.3. The zero-order chi connectivity index (χ0) is 17.7. The summed E-state index contributed by atoms with van der Waals surface area (Å²) in [5, 5.41) is 2.69. The van der Waals surface area contributed by atoms with E-state index < -0.39 is 21.7 Å². The van der Waals surface area contributed by atoms with Crippen LogP contribution in [0.3, 0.4) is 0 Å². The van der Waals surface area contributed by atoms with Gasteiger partial charge < -0.3 is 5.32 Å². The predicted molar refractivity (Wildman–Crippen MR) is 87.0 cm³/mol. The highest BCUT2D eigenvalue weighted by molar-refractivity contribution is 7.89. The van der Waals surface area contributed by atoms with Crippen LogP contribution in [0.1, 0.15) is 18.7 Å². The number of pyridine rings is 1. The molecule has 128 valence electrons. The van der Waals surface area contributed by atoms with Gasteiger partial charge in [0.25, 0.3) is 0 Å². The summed E-state index contributed by atoms with van der Waals surface area (Å²) in [4.78, 5) is 16.1. The van der Waals surface area contributed by atoms with Crippen molar-refractivity contribution in [2.24, 2.45) is 0 Å². The second-order valence-electron chi connectivity index (χ2n) is 5.26. The number of likely N-dealkylation sites (N-methyl/N-ethyl adjacent to an activating group) is 1. The monoisotopic (exact) mass is 351 g/mol. The number of nitrogens with zero attached hydrogens (tertiary/aromatic N) is 2. The summed E-state index contributed by atoms with van der Waals surface area (Å²) >= 11 is 0. The first-order valence-corrected chi connectivity index (χ1v) is 8.67. The fraction of sp³-hybridized carbons (Fsp3) is 0.250. The fourth-order valence-corrected chi connectivity index (χ4v) is 3.19. The second kappa shape index (κ2) is 7.50. The van der Waals surface area contributed by atoms with Gasteiger partial charge in [0.15, 0.2) is 0 Å². The van der Waals surface area contributed by atoms with Crippen molar-refractivity contribution in [2.45, 2.75) is 17.9 Å². The molecule has 0 aliphatic rings. The van der Waals surface area contributed by atoms with Crippen molar-refractivity contribution in [3.63, 3.8) is 0 Å². The number of hydrogen-bond acceptors (Lipinski definition) is 4. The number of sulfonamides is 1. The normalized spacial score (nSPS) is 12.8. The molecule has 0 saturated carbocycles. The summed E-state index contributed by atoms with van der Waals surface area (Å²) in [6, 6.07) is 9.43. The Morgan fingerprint density at radius 2 is 1.92 bits per heavy atom. The van der Waals surface area contributed by atoms with Crippen LogP contribution in [0.25, 0.3) is 0 Å². The average Bonchev–Trinajstić information content (AvgIpc) is 2.55. The second-order valence-corrected chi connectivity index (χ2v) is 7.30. The highest BCUT2D eigenvalue weighted by Crippen LogP contribution is 2.15. The fourth-order valence-electron chi connectivity index (χ4n) is 2.07. The third-order valence-corrected chi connectivity index (χ3v) is 5.21. The van der Waals surface area contributed by atoms with E-state index in [4.69, 9.17) is 0 Å². The maximum absolute atomic E-state index is 12.9. The van der Waals surface area contributed by atoms with Crippen LogP contribution in [0.2, 0.25) is 0 Å². The van der Waals surface area contributed by atoms with E-state index in [2.05, 4.69) is 10.3 Å². The third kappa shape index (κ3) is 4.36.